The Morgan fingerprint density at radius 3 is 2.80 bits per heavy atom. The minimum atomic E-state index is -0.681. The van der Waals surface area contributed by atoms with Gasteiger partial charge in [0.25, 0.3) is 5.56 Å². The number of aliphatic hydroxyl groups is 1. The number of ether oxygens (including phenoxy) is 2. The van der Waals surface area contributed by atoms with Gasteiger partial charge in [-0.2, -0.15) is 0 Å². The van der Waals surface area contributed by atoms with Crippen LogP contribution in [0.4, 0.5) is 11.6 Å². The highest BCUT2D eigenvalue weighted by molar-refractivity contribution is 5.54. The average molecular weight is 415 g/mol. The first kappa shape index (κ1) is 19.8. The van der Waals surface area contributed by atoms with Crippen LogP contribution in [0.5, 0.6) is 5.75 Å². The van der Waals surface area contributed by atoms with E-state index in [2.05, 4.69) is 25.8 Å². The zero-order valence-corrected chi connectivity index (χ0v) is 16.1. The third-order valence-electron chi connectivity index (χ3n) is 4.77. The van der Waals surface area contributed by atoms with E-state index in [1.54, 1.807) is 0 Å². The summed E-state index contributed by atoms with van der Waals surface area (Å²) in [5.74, 6) is 1.11. The molecule has 0 aliphatic carbocycles. The topological polar surface area (TPSA) is 149 Å². The van der Waals surface area contributed by atoms with Crippen LogP contribution in [0.25, 0.3) is 0 Å². The Morgan fingerprint density at radius 2 is 2.10 bits per heavy atom. The quantitative estimate of drug-likeness (QED) is 0.491. The van der Waals surface area contributed by atoms with Gasteiger partial charge < -0.3 is 19.9 Å². The van der Waals surface area contributed by atoms with E-state index in [0.29, 0.717) is 19.0 Å². The van der Waals surface area contributed by atoms with Crippen molar-refractivity contribution >= 4 is 11.6 Å². The number of nitrogens with one attached hydrogen (secondary N) is 2. The number of hydrogen-bond donors (Lipinski definition) is 3. The van der Waals surface area contributed by atoms with Crippen LogP contribution in [0.15, 0.2) is 46.1 Å². The molecule has 12 nitrogen and oxygen atoms in total. The van der Waals surface area contributed by atoms with Crippen LogP contribution in [0.1, 0.15) is 25.6 Å². The van der Waals surface area contributed by atoms with Crippen LogP contribution in [0, 0.1) is 0 Å². The molecule has 1 aliphatic rings. The molecule has 0 unspecified atom stereocenters. The Labute approximate surface area is 170 Å². The lowest BCUT2D eigenvalue weighted by Gasteiger charge is -2.17. The number of aromatic amines is 1. The summed E-state index contributed by atoms with van der Waals surface area (Å²) in [5.41, 5.74) is -0.330. The highest BCUT2D eigenvalue weighted by Gasteiger charge is 2.39. The van der Waals surface area contributed by atoms with Crippen molar-refractivity contribution in [1.82, 2.24) is 29.8 Å². The van der Waals surface area contributed by atoms with Crippen molar-refractivity contribution in [2.45, 2.75) is 31.7 Å². The second kappa shape index (κ2) is 8.47. The number of tetrazole rings is 1. The van der Waals surface area contributed by atoms with Crippen LogP contribution in [0.2, 0.25) is 0 Å². The van der Waals surface area contributed by atoms with E-state index in [1.165, 1.54) is 21.5 Å². The normalized spacial score (nSPS) is 20.9. The number of anilines is 2. The Bertz CT molecular complexity index is 1110. The second-order valence-corrected chi connectivity index (χ2v) is 6.66. The van der Waals surface area contributed by atoms with Crippen LogP contribution in [-0.4, -0.2) is 54.2 Å². The lowest BCUT2D eigenvalue weighted by atomic mass is 10.1. The van der Waals surface area contributed by atoms with E-state index in [9.17, 15) is 14.7 Å². The molecule has 3 atom stereocenters. The van der Waals surface area contributed by atoms with Crippen LogP contribution in [-0.2, 0) is 4.74 Å². The number of nitrogens with zero attached hydrogens (tertiary/aromatic N) is 5. The highest BCUT2D eigenvalue weighted by Crippen LogP contribution is 2.37. The van der Waals surface area contributed by atoms with Gasteiger partial charge in [0.05, 0.1) is 19.3 Å². The van der Waals surface area contributed by atoms with E-state index < -0.39 is 29.6 Å². The summed E-state index contributed by atoms with van der Waals surface area (Å²) in [4.78, 5) is 25.6. The van der Waals surface area contributed by atoms with E-state index in [-0.39, 0.29) is 6.61 Å². The molecule has 3 N–H and O–H groups in total. The third-order valence-corrected chi connectivity index (χ3v) is 4.77. The van der Waals surface area contributed by atoms with Crippen LogP contribution < -0.4 is 21.3 Å². The zero-order chi connectivity index (χ0) is 21.1. The minimum Gasteiger partial charge on any atom is -0.494 e. The Balaban J connectivity index is 1.55. The van der Waals surface area contributed by atoms with E-state index in [4.69, 9.17) is 9.47 Å². The maximum atomic E-state index is 12.1. The van der Waals surface area contributed by atoms with Crippen molar-refractivity contribution in [2.75, 3.05) is 18.5 Å². The average Bonchev–Trinajstić information content (AvgIpc) is 3.36. The Hall–Kier alpha value is -3.51. The molecular formula is C18H21N7O5. The monoisotopic (exact) mass is 415 g/mol. The molecule has 4 rings (SSSR count). The molecule has 0 spiro atoms. The molecule has 0 saturated carbocycles. The molecule has 1 aromatic carbocycles. The fraction of sp³-hybridized carbons (Fsp3) is 0.389. The number of aromatic nitrogens is 6. The Kier molecular flexibility index (Phi) is 5.59. The molecule has 1 aliphatic heterocycles. The first-order valence-electron chi connectivity index (χ1n) is 9.44. The molecule has 1 saturated heterocycles. The number of aliphatic hydroxyl groups excluding tert-OH is 1. The first-order chi connectivity index (χ1) is 14.6. The van der Waals surface area contributed by atoms with Crippen molar-refractivity contribution in [3.8, 4) is 5.75 Å². The summed E-state index contributed by atoms with van der Waals surface area (Å²) in [7, 11) is 0. The predicted molar refractivity (Wildman–Crippen MR) is 105 cm³/mol. The fourth-order valence-electron chi connectivity index (χ4n) is 3.39. The number of rotatable bonds is 7. The van der Waals surface area contributed by atoms with E-state index >= 15 is 0 Å². The largest absolute Gasteiger partial charge is 0.494 e. The van der Waals surface area contributed by atoms with Crippen molar-refractivity contribution in [3.63, 3.8) is 0 Å². The molecule has 0 bridgehead atoms. The van der Waals surface area contributed by atoms with Gasteiger partial charge >= 0.3 is 5.69 Å². The molecule has 12 heteroatoms. The Morgan fingerprint density at radius 1 is 1.30 bits per heavy atom. The molecule has 158 valence electrons. The smallest absolute Gasteiger partial charge is 0.330 e. The van der Waals surface area contributed by atoms with Gasteiger partial charge in [0.1, 0.15) is 18.1 Å². The van der Waals surface area contributed by atoms with Gasteiger partial charge in [-0.25, -0.2) is 9.48 Å². The van der Waals surface area contributed by atoms with E-state index in [1.807, 2.05) is 31.2 Å². The maximum absolute atomic E-state index is 12.1. The molecule has 0 amide bonds. The van der Waals surface area contributed by atoms with Gasteiger partial charge in [0.15, 0.2) is 0 Å². The van der Waals surface area contributed by atoms with Crippen LogP contribution in [0.3, 0.4) is 0 Å². The van der Waals surface area contributed by atoms with Gasteiger partial charge in [0, 0.05) is 24.4 Å². The van der Waals surface area contributed by atoms with E-state index in [0.717, 1.165) is 11.4 Å². The van der Waals surface area contributed by atoms with Crippen molar-refractivity contribution < 1.29 is 14.6 Å². The first-order valence-corrected chi connectivity index (χ1v) is 9.44. The van der Waals surface area contributed by atoms with Crippen molar-refractivity contribution in [2.24, 2.45) is 0 Å². The molecule has 3 aromatic rings. The lowest BCUT2D eigenvalue weighted by molar-refractivity contribution is -0.0321. The number of hydrogen-bond acceptors (Lipinski definition) is 9. The third kappa shape index (κ3) is 3.95. The molecule has 0 radical (unpaired) electrons. The van der Waals surface area contributed by atoms with Gasteiger partial charge in [-0.3, -0.25) is 14.3 Å². The zero-order valence-electron chi connectivity index (χ0n) is 16.1. The van der Waals surface area contributed by atoms with Gasteiger partial charge in [-0.05, 0) is 41.6 Å². The summed E-state index contributed by atoms with van der Waals surface area (Å²) < 4.78 is 14.1. The summed E-state index contributed by atoms with van der Waals surface area (Å²) in [5, 5.41) is 24.7. The standard InChI is InChI=1S/C18H21N7O5/c1-2-29-12-5-3-11(4-6-12)19-17-21-22-23-25(17)13-9-16(30-14(13)10-26)24-8-7-15(27)20-18(24)28/h3-8,13-14,16,26H,2,9-10H2,1H3,(H,19,21,23)(H,20,27,28)/t13-,14+,16+/m0/s1. The molecular weight excluding hydrogens is 394 g/mol. The molecule has 3 heterocycles. The van der Waals surface area contributed by atoms with Crippen molar-refractivity contribution in [3.05, 3.63) is 57.4 Å². The maximum Gasteiger partial charge on any atom is 0.330 e. The fourth-order valence-corrected chi connectivity index (χ4v) is 3.39. The van der Waals surface area contributed by atoms with Crippen LogP contribution >= 0.6 is 0 Å². The van der Waals surface area contributed by atoms with Crippen molar-refractivity contribution in [1.29, 1.82) is 0 Å². The molecule has 2 aromatic heterocycles. The van der Waals surface area contributed by atoms with Gasteiger partial charge in [0.2, 0.25) is 5.95 Å². The van der Waals surface area contributed by atoms with Gasteiger partial charge in [-0.1, -0.05) is 5.10 Å². The lowest BCUT2D eigenvalue weighted by Crippen LogP contribution is -2.31. The summed E-state index contributed by atoms with van der Waals surface area (Å²) in [6.07, 6.45) is 0.360. The summed E-state index contributed by atoms with van der Waals surface area (Å²) >= 11 is 0. The summed E-state index contributed by atoms with van der Waals surface area (Å²) in [6, 6.07) is 8.13. The SMILES string of the molecule is CCOc1ccc(Nc2nnnn2[C@H]2C[C@H](n3ccc(=O)[nH]c3=O)O[C@@H]2CO)cc1. The van der Waals surface area contributed by atoms with Gasteiger partial charge in [-0.15, -0.1) is 0 Å². The highest BCUT2D eigenvalue weighted by atomic mass is 16.5. The minimum absolute atomic E-state index is 0.290. The summed E-state index contributed by atoms with van der Waals surface area (Å²) in [6.45, 7) is 2.20. The molecule has 30 heavy (non-hydrogen) atoms. The molecule has 1 fully saturated rings. The predicted octanol–water partition coefficient (Wildman–Crippen LogP) is 0.186. The number of benzene rings is 1. The second-order valence-electron chi connectivity index (χ2n) is 6.66. The number of H-pyrrole nitrogens is 1.